The lowest BCUT2D eigenvalue weighted by molar-refractivity contribution is -0.132. The second kappa shape index (κ2) is 9.37. The highest BCUT2D eigenvalue weighted by Gasteiger charge is 2.51. The molecule has 1 aliphatic rings. The first-order valence-electron chi connectivity index (χ1n) is 10.9. The van der Waals surface area contributed by atoms with Crippen LogP contribution in [0.15, 0.2) is 84.9 Å². The Morgan fingerprint density at radius 3 is 1.91 bits per heavy atom. The molecule has 0 aromatic heterocycles. The molecule has 4 rings (SSSR count). The Balaban J connectivity index is 1.57. The van der Waals surface area contributed by atoms with Gasteiger partial charge in [-0.05, 0) is 36.2 Å². The molecule has 1 N–H and O–H groups in total. The summed E-state index contributed by atoms with van der Waals surface area (Å²) in [5, 5.41) is 3.06. The number of nitrogens with one attached hydrogen (secondary N) is 1. The first-order valence-corrected chi connectivity index (χ1v) is 10.9. The molecule has 5 nitrogen and oxygen atoms in total. The lowest BCUT2D eigenvalue weighted by Crippen LogP contribution is -2.51. The topological polar surface area (TPSA) is 52.6 Å². The van der Waals surface area contributed by atoms with Crippen LogP contribution in [-0.4, -0.2) is 41.0 Å². The van der Waals surface area contributed by atoms with E-state index in [0.717, 1.165) is 11.1 Å². The molecule has 1 saturated heterocycles. The summed E-state index contributed by atoms with van der Waals surface area (Å²) < 4.78 is 0. The number of benzene rings is 3. The maximum Gasteiger partial charge on any atom is 0.326 e. The number of aryl methyl sites for hydroxylation is 1. The molecule has 1 aliphatic heterocycles. The largest absolute Gasteiger partial charge is 0.326 e. The minimum absolute atomic E-state index is 0.174. The Morgan fingerprint density at radius 2 is 1.34 bits per heavy atom. The number of hydrogen-bond acceptors (Lipinski definition) is 3. The summed E-state index contributed by atoms with van der Waals surface area (Å²) in [5.74, 6) is -0.174. The molecule has 1 fully saturated rings. The van der Waals surface area contributed by atoms with Crippen LogP contribution in [0.1, 0.15) is 22.3 Å². The van der Waals surface area contributed by atoms with Crippen LogP contribution in [0.3, 0.4) is 0 Å². The molecular formula is C27H29N3O2. The van der Waals surface area contributed by atoms with Crippen molar-refractivity contribution in [2.24, 2.45) is 0 Å². The molecule has 3 aromatic rings. The highest BCUT2D eigenvalue weighted by molar-refractivity contribution is 6.07. The summed E-state index contributed by atoms with van der Waals surface area (Å²) >= 11 is 0. The van der Waals surface area contributed by atoms with Crippen molar-refractivity contribution in [3.8, 4) is 0 Å². The number of rotatable bonds is 8. The molecule has 5 heteroatoms. The SMILES string of the molecule is Cc1ccccc1CN(C)CN1C(=O)NC(Cc2ccccc2)(Cc2ccccc2)C1=O. The van der Waals surface area contributed by atoms with E-state index in [-0.39, 0.29) is 18.6 Å². The second-order valence-corrected chi connectivity index (χ2v) is 8.65. The van der Waals surface area contributed by atoms with Crippen LogP contribution in [-0.2, 0) is 24.2 Å². The third-order valence-corrected chi connectivity index (χ3v) is 6.03. The minimum Gasteiger partial charge on any atom is -0.322 e. The highest BCUT2D eigenvalue weighted by Crippen LogP contribution is 2.27. The summed E-state index contributed by atoms with van der Waals surface area (Å²) in [6.07, 6.45) is 0.899. The Kier molecular flexibility index (Phi) is 6.37. The van der Waals surface area contributed by atoms with Gasteiger partial charge in [-0.2, -0.15) is 0 Å². The van der Waals surface area contributed by atoms with Gasteiger partial charge in [0.1, 0.15) is 5.54 Å². The molecule has 0 aliphatic carbocycles. The van der Waals surface area contributed by atoms with Gasteiger partial charge in [0.25, 0.3) is 5.91 Å². The molecule has 3 amide bonds. The maximum absolute atomic E-state index is 13.7. The fourth-order valence-electron chi connectivity index (χ4n) is 4.37. The van der Waals surface area contributed by atoms with E-state index >= 15 is 0 Å². The van der Waals surface area contributed by atoms with Crippen LogP contribution in [0.25, 0.3) is 0 Å². The zero-order valence-corrected chi connectivity index (χ0v) is 18.6. The molecule has 0 atom stereocenters. The van der Waals surface area contributed by atoms with E-state index in [1.165, 1.54) is 16.0 Å². The summed E-state index contributed by atoms with van der Waals surface area (Å²) in [5.41, 5.74) is 3.42. The van der Waals surface area contributed by atoms with Gasteiger partial charge < -0.3 is 5.32 Å². The fourth-order valence-corrected chi connectivity index (χ4v) is 4.37. The van der Waals surface area contributed by atoms with Gasteiger partial charge in [-0.25, -0.2) is 9.69 Å². The Morgan fingerprint density at radius 1 is 0.812 bits per heavy atom. The molecule has 0 bridgehead atoms. The summed E-state index contributed by atoms with van der Waals surface area (Å²) in [6.45, 7) is 2.97. The van der Waals surface area contributed by atoms with Gasteiger partial charge in [0.05, 0.1) is 6.67 Å². The van der Waals surface area contributed by atoms with Gasteiger partial charge in [0.2, 0.25) is 0 Å². The quantitative estimate of drug-likeness (QED) is 0.549. The van der Waals surface area contributed by atoms with Crippen LogP contribution < -0.4 is 5.32 Å². The maximum atomic E-state index is 13.7. The van der Waals surface area contributed by atoms with E-state index in [2.05, 4.69) is 24.4 Å². The minimum atomic E-state index is -0.997. The Hall–Kier alpha value is -3.44. The molecule has 1 heterocycles. The average molecular weight is 428 g/mol. The average Bonchev–Trinajstić information content (AvgIpc) is 3.00. The second-order valence-electron chi connectivity index (χ2n) is 8.65. The molecule has 0 radical (unpaired) electrons. The van der Waals surface area contributed by atoms with Crippen LogP contribution in [0.2, 0.25) is 0 Å². The van der Waals surface area contributed by atoms with E-state index in [0.29, 0.717) is 19.4 Å². The first kappa shape index (κ1) is 21.8. The fraction of sp³-hybridized carbons (Fsp3) is 0.259. The van der Waals surface area contributed by atoms with Crippen molar-refractivity contribution < 1.29 is 9.59 Å². The number of amides is 3. The number of imide groups is 1. The molecule has 32 heavy (non-hydrogen) atoms. The first-order chi connectivity index (χ1) is 15.5. The molecule has 0 saturated carbocycles. The predicted octanol–water partition coefficient (Wildman–Crippen LogP) is 4.16. The van der Waals surface area contributed by atoms with Crippen molar-refractivity contribution in [1.82, 2.24) is 15.1 Å². The van der Waals surface area contributed by atoms with Crippen molar-refractivity contribution in [1.29, 1.82) is 0 Å². The van der Waals surface area contributed by atoms with E-state index in [1.54, 1.807) is 0 Å². The number of carbonyl (C=O) groups is 2. The lowest BCUT2D eigenvalue weighted by atomic mass is 9.84. The summed E-state index contributed by atoms with van der Waals surface area (Å²) in [7, 11) is 1.93. The van der Waals surface area contributed by atoms with Gasteiger partial charge in [0, 0.05) is 19.4 Å². The van der Waals surface area contributed by atoms with Crippen LogP contribution in [0.4, 0.5) is 4.79 Å². The van der Waals surface area contributed by atoms with Crippen molar-refractivity contribution in [2.45, 2.75) is 31.8 Å². The van der Waals surface area contributed by atoms with E-state index in [4.69, 9.17) is 0 Å². The zero-order chi connectivity index (χ0) is 22.6. The highest BCUT2D eigenvalue weighted by atomic mass is 16.2. The smallest absolute Gasteiger partial charge is 0.322 e. The molecule has 0 unspecified atom stereocenters. The third-order valence-electron chi connectivity index (χ3n) is 6.03. The standard InChI is InChI=1S/C27H29N3O2/c1-21-11-9-10-16-24(21)19-29(2)20-30-25(31)27(28-26(30)32,17-22-12-5-3-6-13-22)18-23-14-7-4-8-15-23/h3-16H,17-20H2,1-2H3,(H,28,32). The van der Waals surface area contributed by atoms with E-state index < -0.39 is 5.54 Å². The molecule has 0 spiro atoms. The molecule has 164 valence electrons. The molecule has 3 aromatic carbocycles. The van der Waals surface area contributed by atoms with Crippen molar-refractivity contribution in [3.63, 3.8) is 0 Å². The van der Waals surface area contributed by atoms with Crippen LogP contribution >= 0.6 is 0 Å². The van der Waals surface area contributed by atoms with E-state index in [9.17, 15) is 9.59 Å². The van der Waals surface area contributed by atoms with Crippen LogP contribution in [0, 0.1) is 6.92 Å². The number of hydrogen-bond donors (Lipinski definition) is 1. The van der Waals surface area contributed by atoms with Gasteiger partial charge in [-0.15, -0.1) is 0 Å². The van der Waals surface area contributed by atoms with Gasteiger partial charge in [0.15, 0.2) is 0 Å². The zero-order valence-electron chi connectivity index (χ0n) is 18.6. The van der Waals surface area contributed by atoms with Crippen molar-refractivity contribution in [3.05, 3.63) is 107 Å². The summed E-state index contributed by atoms with van der Waals surface area (Å²) in [4.78, 5) is 30.1. The van der Waals surface area contributed by atoms with E-state index in [1.807, 2.05) is 84.7 Å². The van der Waals surface area contributed by atoms with Gasteiger partial charge in [-0.1, -0.05) is 84.9 Å². The van der Waals surface area contributed by atoms with Gasteiger partial charge in [-0.3, -0.25) is 9.69 Å². The summed E-state index contributed by atoms with van der Waals surface area (Å²) in [6, 6.07) is 27.6. The van der Waals surface area contributed by atoms with Gasteiger partial charge >= 0.3 is 6.03 Å². The third kappa shape index (κ3) is 4.73. The Bertz CT molecular complexity index is 1040. The Labute approximate surface area is 189 Å². The number of carbonyl (C=O) groups excluding carboxylic acids is 2. The lowest BCUT2D eigenvalue weighted by Gasteiger charge is -2.28. The van der Waals surface area contributed by atoms with Crippen molar-refractivity contribution >= 4 is 11.9 Å². The molecular weight excluding hydrogens is 398 g/mol. The monoisotopic (exact) mass is 427 g/mol. The number of nitrogens with zero attached hydrogens (tertiary/aromatic N) is 2. The normalized spacial score (nSPS) is 15.3. The predicted molar refractivity (Wildman–Crippen MR) is 126 cm³/mol. The van der Waals surface area contributed by atoms with Crippen LogP contribution in [0.5, 0.6) is 0 Å². The number of urea groups is 1. The van der Waals surface area contributed by atoms with Crippen molar-refractivity contribution in [2.75, 3.05) is 13.7 Å².